The van der Waals surface area contributed by atoms with E-state index < -0.39 is 17.2 Å². The van der Waals surface area contributed by atoms with Gasteiger partial charge in [-0.2, -0.15) is 0 Å². The van der Waals surface area contributed by atoms with E-state index >= 15 is 0 Å². The minimum Gasteiger partial charge on any atom is -0.390 e. The SMILES string of the molecule is CC(C)(O)Cc1nc(-c2cc(F)ccc2F)cs1. The molecule has 0 amide bonds. The summed E-state index contributed by atoms with van der Waals surface area (Å²) in [5.41, 5.74) is -0.320. The predicted octanol–water partition coefficient (Wildman–Crippen LogP) is 3.40. The van der Waals surface area contributed by atoms with Gasteiger partial charge in [-0.15, -0.1) is 11.3 Å². The quantitative estimate of drug-likeness (QED) is 0.926. The van der Waals surface area contributed by atoms with Gasteiger partial charge in [-0.05, 0) is 32.0 Å². The molecule has 0 aliphatic rings. The molecular weight excluding hydrogens is 256 g/mol. The predicted molar refractivity (Wildman–Crippen MR) is 67.5 cm³/mol. The Balaban J connectivity index is 2.32. The Kier molecular flexibility index (Phi) is 3.45. The summed E-state index contributed by atoms with van der Waals surface area (Å²) >= 11 is 1.33. The highest BCUT2D eigenvalue weighted by Crippen LogP contribution is 2.26. The van der Waals surface area contributed by atoms with E-state index in [0.717, 1.165) is 18.2 Å². The van der Waals surface area contributed by atoms with Crippen LogP contribution in [0.1, 0.15) is 18.9 Å². The number of hydrogen-bond donors (Lipinski definition) is 1. The van der Waals surface area contributed by atoms with Gasteiger partial charge in [0.05, 0.1) is 16.3 Å². The normalized spacial score (nSPS) is 11.8. The second kappa shape index (κ2) is 4.74. The summed E-state index contributed by atoms with van der Waals surface area (Å²) in [4.78, 5) is 4.22. The molecule has 0 saturated heterocycles. The molecule has 18 heavy (non-hydrogen) atoms. The Hall–Kier alpha value is -1.33. The lowest BCUT2D eigenvalue weighted by Crippen LogP contribution is -2.21. The third-order valence-electron chi connectivity index (χ3n) is 2.34. The molecule has 1 aromatic heterocycles. The van der Waals surface area contributed by atoms with Gasteiger partial charge >= 0.3 is 0 Å². The maximum Gasteiger partial charge on any atom is 0.132 e. The van der Waals surface area contributed by atoms with Gasteiger partial charge in [-0.25, -0.2) is 13.8 Å². The smallest absolute Gasteiger partial charge is 0.132 e. The number of thiazole rings is 1. The summed E-state index contributed by atoms with van der Waals surface area (Å²) in [6.07, 6.45) is 0.384. The van der Waals surface area contributed by atoms with Crippen LogP contribution < -0.4 is 0 Å². The van der Waals surface area contributed by atoms with Crippen molar-refractivity contribution in [1.82, 2.24) is 4.98 Å². The molecule has 2 nitrogen and oxygen atoms in total. The summed E-state index contributed by atoms with van der Waals surface area (Å²) in [6, 6.07) is 3.28. The Labute approximate surface area is 108 Å². The number of hydrogen-bond acceptors (Lipinski definition) is 3. The zero-order valence-corrected chi connectivity index (χ0v) is 10.9. The molecular formula is C13H13F2NOS. The van der Waals surface area contributed by atoms with E-state index in [0.29, 0.717) is 17.1 Å². The van der Waals surface area contributed by atoms with Crippen molar-refractivity contribution in [2.45, 2.75) is 25.9 Å². The van der Waals surface area contributed by atoms with Gasteiger partial charge < -0.3 is 5.11 Å². The van der Waals surface area contributed by atoms with Crippen LogP contribution in [0.5, 0.6) is 0 Å². The average molecular weight is 269 g/mol. The van der Waals surface area contributed by atoms with Crippen molar-refractivity contribution < 1.29 is 13.9 Å². The molecule has 1 heterocycles. The fourth-order valence-corrected chi connectivity index (χ4v) is 2.59. The van der Waals surface area contributed by atoms with Crippen LogP contribution in [-0.2, 0) is 6.42 Å². The lowest BCUT2D eigenvalue weighted by Gasteiger charge is -2.14. The fourth-order valence-electron chi connectivity index (χ4n) is 1.58. The topological polar surface area (TPSA) is 33.1 Å². The van der Waals surface area contributed by atoms with Crippen LogP contribution in [0.25, 0.3) is 11.3 Å². The fraction of sp³-hybridized carbons (Fsp3) is 0.308. The first-order valence-corrected chi connectivity index (χ1v) is 6.35. The third-order valence-corrected chi connectivity index (χ3v) is 3.19. The first-order chi connectivity index (χ1) is 8.35. The van der Waals surface area contributed by atoms with E-state index in [1.165, 1.54) is 11.3 Å². The highest BCUT2D eigenvalue weighted by atomic mass is 32.1. The van der Waals surface area contributed by atoms with Crippen molar-refractivity contribution >= 4 is 11.3 Å². The van der Waals surface area contributed by atoms with E-state index in [1.807, 2.05) is 0 Å². The lowest BCUT2D eigenvalue weighted by atomic mass is 10.1. The molecule has 0 aliphatic heterocycles. The largest absolute Gasteiger partial charge is 0.390 e. The monoisotopic (exact) mass is 269 g/mol. The van der Waals surface area contributed by atoms with Crippen molar-refractivity contribution in [2.24, 2.45) is 0 Å². The van der Waals surface area contributed by atoms with E-state index in [9.17, 15) is 13.9 Å². The third kappa shape index (κ3) is 3.11. The average Bonchev–Trinajstić information content (AvgIpc) is 2.67. The maximum atomic E-state index is 13.6. The summed E-state index contributed by atoms with van der Waals surface area (Å²) < 4.78 is 26.6. The molecule has 1 aromatic carbocycles. The first kappa shape index (κ1) is 13.1. The molecule has 0 fully saturated rings. The molecule has 0 radical (unpaired) electrons. The number of aliphatic hydroxyl groups is 1. The van der Waals surface area contributed by atoms with Crippen LogP contribution in [0, 0.1) is 11.6 Å². The Morgan fingerprint density at radius 2 is 2.06 bits per heavy atom. The summed E-state index contributed by atoms with van der Waals surface area (Å²) in [5.74, 6) is -1.00. The minimum absolute atomic E-state index is 0.147. The van der Waals surface area contributed by atoms with Crippen LogP contribution in [0.15, 0.2) is 23.6 Å². The van der Waals surface area contributed by atoms with Crippen molar-refractivity contribution in [1.29, 1.82) is 0 Å². The van der Waals surface area contributed by atoms with E-state index in [4.69, 9.17) is 0 Å². The van der Waals surface area contributed by atoms with E-state index in [-0.39, 0.29) is 5.56 Å². The number of halogens is 2. The van der Waals surface area contributed by atoms with Crippen LogP contribution in [0.4, 0.5) is 8.78 Å². The van der Waals surface area contributed by atoms with Gasteiger partial charge in [-0.1, -0.05) is 0 Å². The number of benzene rings is 1. The molecule has 96 valence electrons. The molecule has 5 heteroatoms. The second-order valence-corrected chi connectivity index (χ2v) is 5.68. The Morgan fingerprint density at radius 1 is 1.33 bits per heavy atom. The number of nitrogens with zero attached hydrogens (tertiary/aromatic N) is 1. The van der Waals surface area contributed by atoms with Crippen LogP contribution in [0.3, 0.4) is 0 Å². The van der Waals surface area contributed by atoms with Gasteiger partial charge in [0, 0.05) is 17.4 Å². The first-order valence-electron chi connectivity index (χ1n) is 5.47. The van der Waals surface area contributed by atoms with E-state index in [2.05, 4.69) is 4.98 Å². The van der Waals surface area contributed by atoms with Crippen molar-refractivity contribution in [3.63, 3.8) is 0 Å². The number of aromatic nitrogens is 1. The van der Waals surface area contributed by atoms with Crippen LogP contribution in [0.2, 0.25) is 0 Å². The second-order valence-electron chi connectivity index (χ2n) is 4.74. The molecule has 0 saturated carbocycles. The molecule has 0 unspecified atom stereocenters. The van der Waals surface area contributed by atoms with Crippen molar-refractivity contribution in [3.05, 3.63) is 40.2 Å². The van der Waals surface area contributed by atoms with Gasteiger partial charge in [0.1, 0.15) is 11.6 Å². The van der Waals surface area contributed by atoms with Gasteiger partial charge in [-0.3, -0.25) is 0 Å². The van der Waals surface area contributed by atoms with Crippen LogP contribution in [-0.4, -0.2) is 15.7 Å². The standard InChI is InChI=1S/C13H13F2NOS/c1-13(2,17)6-12-16-11(7-18-12)9-5-8(14)3-4-10(9)15/h3-5,7,17H,6H2,1-2H3. The molecule has 0 bridgehead atoms. The minimum atomic E-state index is -0.865. The zero-order chi connectivity index (χ0) is 13.3. The molecule has 0 spiro atoms. The summed E-state index contributed by atoms with van der Waals surface area (Å²) in [6.45, 7) is 3.35. The number of rotatable bonds is 3. The lowest BCUT2D eigenvalue weighted by molar-refractivity contribution is 0.0809. The maximum absolute atomic E-state index is 13.6. The highest BCUT2D eigenvalue weighted by Gasteiger charge is 2.17. The highest BCUT2D eigenvalue weighted by molar-refractivity contribution is 7.09. The molecule has 2 rings (SSSR count). The Bertz CT molecular complexity index is 560. The van der Waals surface area contributed by atoms with Gasteiger partial charge in [0.2, 0.25) is 0 Å². The van der Waals surface area contributed by atoms with E-state index in [1.54, 1.807) is 19.2 Å². The molecule has 1 N–H and O–H groups in total. The van der Waals surface area contributed by atoms with Crippen molar-refractivity contribution in [3.8, 4) is 11.3 Å². The molecule has 0 aliphatic carbocycles. The molecule has 0 atom stereocenters. The van der Waals surface area contributed by atoms with Gasteiger partial charge in [0.25, 0.3) is 0 Å². The zero-order valence-electron chi connectivity index (χ0n) is 10.1. The molecule has 2 aromatic rings. The van der Waals surface area contributed by atoms with Crippen LogP contribution >= 0.6 is 11.3 Å². The summed E-state index contributed by atoms with van der Waals surface area (Å²) in [5, 5.41) is 12.0. The van der Waals surface area contributed by atoms with Gasteiger partial charge in [0.15, 0.2) is 0 Å². The Morgan fingerprint density at radius 3 is 2.72 bits per heavy atom. The summed E-state index contributed by atoms with van der Waals surface area (Å²) in [7, 11) is 0. The van der Waals surface area contributed by atoms with Crippen molar-refractivity contribution in [2.75, 3.05) is 0 Å².